The first-order chi connectivity index (χ1) is 10.0. The Labute approximate surface area is 129 Å². The summed E-state index contributed by atoms with van der Waals surface area (Å²) >= 11 is 3.10. The second kappa shape index (κ2) is 6.53. The second-order valence-electron chi connectivity index (χ2n) is 4.13. The number of aromatic nitrogens is 1. The SMILES string of the molecule is CCOC(=O)c1cc(Nc2ccc(F)c(Br)c2)ncc1N. The van der Waals surface area contributed by atoms with Gasteiger partial charge in [-0.2, -0.15) is 0 Å². The molecule has 0 aliphatic heterocycles. The first-order valence-electron chi connectivity index (χ1n) is 6.16. The van der Waals surface area contributed by atoms with E-state index in [2.05, 4.69) is 26.2 Å². The molecule has 0 radical (unpaired) electrons. The van der Waals surface area contributed by atoms with Crippen molar-refractivity contribution in [2.45, 2.75) is 6.92 Å². The Morgan fingerprint density at radius 3 is 2.90 bits per heavy atom. The molecule has 0 atom stereocenters. The van der Waals surface area contributed by atoms with Crippen molar-refractivity contribution in [3.8, 4) is 0 Å². The minimum Gasteiger partial charge on any atom is -0.462 e. The summed E-state index contributed by atoms with van der Waals surface area (Å²) in [7, 11) is 0. The van der Waals surface area contributed by atoms with Crippen LogP contribution in [0.15, 0.2) is 34.9 Å². The maximum absolute atomic E-state index is 13.2. The topological polar surface area (TPSA) is 77.2 Å². The van der Waals surface area contributed by atoms with Crippen LogP contribution >= 0.6 is 15.9 Å². The van der Waals surface area contributed by atoms with Crippen molar-refractivity contribution in [1.29, 1.82) is 0 Å². The fourth-order valence-electron chi connectivity index (χ4n) is 1.64. The third kappa shape index (κ3) is 3.69. The summed E-state index contributed by atoms with van der Waals surface area (Å²) in [6, 6.07) is 5.93. The molecule has 1 heterocycles. The monoisotopic (exact) mass is 353 g/mol. The average Bonchev–Trinajstić information content (AvgIpc) is 2.45. The fourth-order valence-corrected chi connectivity index (χ4v) is 2.02. The number of esters is 1. The minimum absolute atomic E-state index is 0.232. The highest BCUT2D eigenvalue weighted by Gasteiger charge is 2.12. The van der Waals surface area contributed by atoms with E-state index in [-0.39, 0.29) is 23.7 Å². The molecule has 0 saturated carbocycles. The van der Waals surface area contributed by atoms with Gasteiger partial charge in [-0.05, 0) is 47.1 Å². The zero-order valence-corrected chi connectivity index (χ0v) is 12.8. The van der Waals surface area contributed by atoms with Crippen LogP contribution in [0.3, 0.4) is 0 Å². The number of benzene rings is 1. The van der Waals surface area contributed by atoms with Gasteiger partial charge >= 0.3 is 5.97 Å². The van der Waals surface area contributed by atoms with Gasteiger partial charge in [0.1, 0.15) is 11.6 Å². The number of carbonyl (C=O) groups excluding carboxylic acids is 1. The maximum Gasteiger partial charge on any atom is 0.340 e. The molecule has 0 spiro atoms. The molecular formula is C14H13BrFN3O2. The van der Waals surface area contributed by atoms with E-state index in [1.165, 1.54) is 18.3 Å². The van der Waals surface area contributed by atoms with Gasteiger partial charge in [-0.15, -0.1) is 0 Å². The summed E-state index contributed by atoms with van der Waals surface area (Å²) < 4.78 is 18.4. The van der Waals surface area contributed by atoms with Crippen LogP contribution in [-0.2, 0) is 4.74 Å². The van der Waals surface area contributed by atoms with Gasteiger partial charge in [0.2, 0.25) is 0 Å². The highest BCUT2D eigenvalue weighted by atomic mass is 79.9. The van der Waals surface area contributed by atoms with Gasteiger partial charge < -0.3 is 15.8 Å². The van der Waals surface area contributed by atoms with Crippen LogP contribution in [0.2, 0.25) is 0 Å². The Bertz CT molecular complexity index is 679. The van der Waals surface area contributed by atoms with Crippen LogP contribution in [0.25, 0.3) is 0 Å². The average molecular weight is 354 g/mol. The Morgan fingerprint density at radius 2 is 2.24 bits per heavy atom. The fraction of sp³-hybridized carbons (Fsp3) is 0.143. The van der Waals surface area contributed by atoms with Crippen LogP contribution in [0, 0.1) is 5.82 Å². The van der Waals surface area contributed by atoms with Crippen molar-refractivity contribution >= 4 is 39.1 Å². The van der Waals surface area contributed by atoms with Crippen molar-refractivity contribution in [3.05, 3.63) is 46.3 Å². The van der Waals surface area contributed by atoms with Crippen LogP contribution in [-0.4, -0.2) is 17.6 Å². The van der Waals surface area contributed by atoms with Crippen LogP contribution < -0.4 is 11.1 Å². The van der Waals surface area contributed by atoms with Crippen LogP contribution in [0.5, 0.6) is 0 Å². The highest BCUT2D eigenvalue weighted by Crippen LogP contribution is 2.24. The largest absolute Gasteiger partial charge is 0.462 e. The number of carbonyl (C=O) groups is 1. The van der Waals surface area contributed by atoms with Crippen molar-refractivity contribution in [2.75, 3.05) is 17.7 Å². The molecule has 0 amide bonds. The normalized spacial score (nSPS) is 10.2. The lowest BCUT2D eigenvalue weighted by molar-refractivity contribution is 0.0527. The van der Waals surface area contributed by atoms with Gasteiger partial charge in [-0.25, -0.2) is 14.2 Å². The van der Waals surface area contributed by atoms with Crippen molar-refractivity contribution in [3.63, 3.8) is 0 Å². The van der Waals surface area contributed by atoms with E-state index >= 15 is 0 Å². The zero-order chi connectivity index (χ0) is 15.4. The quantitative estimate of drug-likeness (QED) is 0.822. The van der Waals surface area contributed by atoms with Gasteiger partial charge in [-0.1, -0.05) is 0 Å². The summed E-state index contributed by atoms with van der Waals surface area (Å²) in [6.45, 7) is 1.97. The predicted molar refractivity (Wildman–Crippen MR) is 82.0 cm³/mol. The molecular weight excluding hydrogens is 341 g/mol. The molecule has 3 N–H and O–H groups in total. The van der Waals surface area contributed by atoms with E-state index in [1.54, 1.807) is 19.1 Å². The number of rotatable bonds is 4. The van der Waals surface area contributed by atoms with E-state index in [4.69, 9.17) is 10.5 Å². The van der Waals surface area contributed by atoms with Gasteiger partial charge in [0, 0.05) is 5.69 Å². The molecule has 1 aromatic heterocycles. The Kier molecular flexibility index (Phi) is 4.74. The molecule has 21 heavy (non-hydrogen) atoms. The van der Waals surface area contributed by atoms with Gasteiger partial charge in [-0.3, -0.25) is 0 Å². The summed E-state index contributed by atoms with van der Waals surface area (Å²) in [6.07, 6.45) is 1.37. The van der Waals surface area contributed by atoms with Crippen molar-refractivity contribution in [1.82, 2.24) is 4.98 Å². The Morgan fingerprint density at radius 1 is 1.48 bits per heavy atom. The standard InChI is InChI=1S/C14H13BrFN3O2/c1-2-21-14(20)9-6-13(18-7-12(9)17)19-8-3-4-11(16)10(15)5-8/h3-7H,2,17H2,1H3,(H,18,19). The third-order valence-electron chi connectivity index (χ3n) is 2.62. The lowest BCUT2D eigenvalue weighted by atomic mass is 10.2. The van der Waals surface area contributed by atoms with Crippen molar-refractivity contribution in [2.24, 2.45) is 0 Å². The van der Waals surface area contributed by atoms with E-state index in [0.29, 0.717) is 16.0 Å². The van der Waals surface area contributed by atoms with Crippen molar-refractivity contribution < 1.29 is 13.9 Å². The molecule has 0 fully saturated rings. The van der Waals surface area contributed by atoms with Crippen LogP contribution in [0.1, 0.15) is 17.3 Å². The number of nitrogens with one attached hydrogen (secondary N) is 1. The molecule has 0 bridgehead atoms. The Balaban J connectivity index is 2.26. The first-order valence-corrected chi connectivity index (χ1v) is 6.95. The number of hydrogen-bond acceptors (Lipinski definition) is 5. The second-order valence-corrected chi connectivity index (χ2v) is 4.99. The summed E-state index contributed by atoms with van der Waals surface area (Å²) in [4.78, 5) is 15.8. The molecule has 0 unspecified atom stereocenters. The lowest BCUT2D eigenvalue weighted by Gasteiger charge is -2.10. The number of halogens is 2. The molecule has 0 aliphatic rings. The summed E-state index contributed by atoms with van der Waals surface area (Å²) in [5, 5.41) is 2.97. The van der Waals surface area contributed by atoms with E-state index < -0.39 is 5.97 Å². The van der Waals surface area contributed by atoms with E-state index in [9.17, 15) is 9.18 Å². The van der Waals surface area contributed by atoms with Crippen LogP contribution in [0.4, 0.5) is 21.6 Å². The number of nitrogens with zero attached hydrogens (tertiary/aromatic N) is 1. The molecule has 2 aromatic rings. The molecule has 0 aliphatic carbocycles. The lowest BCUT2D eigenvalue weighted by Crippen LogP contribution is -2.09. The molecule has 0 saturated heterocycles. The van der Waals surface area contributed by atoms with Gasteiger partial charge in [0.15, 0.2) is 0 Å². The number of ether oxygens (including phenoxy) is 1. The number of anilines is 3. The van der Waals surface area contributed by atoms with E-state index in [0.717, 1.165) is 0 Å². The predicted octanol–water partition coefficient (Wildman–Crippen LogP) is 3.49. The minimum atomic E-state index is -0.513. The maximum atomic E-state index is 13.2. The molecule has 1 aromatic carbocycles. The highest BCUT2D eigenvalue weighted by molar-refractivity contribution is 9.10. The molecule has 7 heteroatoms. The number of hydrogen-bond donors (Lipinski definition) is 2. The van der Waals surface area contributed by atoms with Gasteiger partial charge in [0.25, 0.3) is 0 Å². The molecule has 110 valence electrons. The summed E-state index contributed by atoms with van der Waals surface area (Å²) in [5.74, 6) is -0.468. The number of nitrogen functional groups attached to an aromatic ring is 1. The first kappa shape index (κ1) is 15.2. The third-order valence-corrected chi connectivity index (χ3v) is 3.23. The number of pyridine rings is 1. The zero-order valence-electron chi connectivity index (χ0n) is 11.2. The summed E-state index contributed by atoms with van der Waals surface area (Å²) in [5.41, 5.74) is 6.80. The molecule has 5 nitrogen and oxygen atoms in total. The smallest absolute Gasteiger partial charge is 0.340 e. The van der Waals surface area contributed by atoms with E-state index in [1.807, 2.05) is 0 Å². The van der Waals surface area contributed by atoms with Gasteiger partial charge in [0.05, 0.1) is 28.5 Å². The Hall–Kier alpha value is -2.15. The number of nitrogens with two attached hydrogens (primary N) is 1. The molecule has 2 rings (SSSR count).